The van der Waals surface area contributed by atoms with E-state index in [1.807, 2.05) is 29.1 Å². The number of benzene rings is 1. The summed E-state index contributed by atoms with van der Waals surface area (Å²) >= 11 is 0. The van der Waals surface area contributed by atoms with Crippen LogP contribution in [0.15, 0.2) is 48.9 Å². The molecular formula is C18H19FN4O. The number of hydrogen-bond acceptors (Lipinski definition) is 4. The molecule has 3 aromatic rings. The fourth-order valence-corrected chi connectivity index (χ4v) is 3.56. The summed E-state index contributed by atoms with van der Waals surface area (Å²) in [5.41, 5.74) is 1.16. The van der Waals surface area contributed by atoms with Gasteiger partial charge in [-0.3, -0.25) is 9.67 Å². The first-order valence-electron chi connectivity index (χ1n) is 8.16. The zero-order valence-corrected chi connectivity index (χ0v) is 13.1. The molecule has 0 amide bonds. The highest BCUT2D eigenvalue weighted by atomic mass is 19.1. The molecule has 2 N–H and O–H groups in total. The van der Waals surface area contributed by atoms with Gasteiger partial charge in [0.15, 0.2) is 0 Å². The first-order valence-corrected chi connectivity index (χ1v) is 8.16. The van der Waals surface area contributed by atoms with Gasteiger partial charge < -0.3 is 10.4 Å². The molecule has 0 saturated heterocycles. The van der Waals surface area contributed by atoms with Crippen LogP contribution in [-0.4, -0.2) is 32.0 Å². The Bertz CT molecular complexity index is 836. The molecule has 1 fully saturated rings. The number of aliphatic hydroxyl groups excluding tert-OH is 1. The molecule has 1 saturated carbocycles. The Labute approximate surface area is 139 Å². The molecule has 2 aromatic heterocycles. The molecule has 0 aliphatic heterocycles. The fourth-order valence-electron chi connectivity index (χ4n) is 3.56. The Kier molecular flexibility index (Phi) is 3.90. The summed E-state index contributed by atoms with van der Waals surface area (Å²) in [7, 11) is 0. The summed E-state index contributed by atoms with van der Waals surface area (Å²) < 4.78 is 15.8. The second-order valence-electron chi connectivity index (χ2n) is 6.38. The third-order valence-electron chi connectivity index (χ3n) is 4.69. The summed E-state index contributed by atoms with van der Waals surface area (Å²) in [6, 6.07) is 8.60. The quantitative estimate of drug-likeness (QED) is 0.774. The molecule has 6 heteroatoms. The van der Waals surface area contributed by atoms with Crippen LogP contribution in [0, 0.1) is 11.7 Å². The zero-order chi connectivity index (χ0) is 16.5. The molecule has 124 valence electrons. The fraction of sp³-hybridized carbons (Fsp3) is 0.333. The lowest BCUT2D eigenvalue weighted by Gasteiger charge is -2.19. The van der Waals surface area contributed by atoms with Crippen LogP contribution in [0.4, 0.5) is 10.1 Å². The van der Waals surface area contributed by atoms with Crippen molar-refractivity contribution in [2.75, 3.05) is 5.32 Å². The Morgan fingerprint density at radius 1 is 1.21 bits per heavy atom. The Morgan fingerprint density at radius 3 is 2.96 bits per heavy atom. The van der Waals surface area contributed by atoms with E-state index in [4.69, 9.17) is 0 Å². The van der Waals surface area contributed by atoms with Crippen molar-refractivity contribution in [1.82, 2.24) is 14.8 Å². The maximum absolute atomic E-state index is 13.9. The second-order valence-corrected chi connectivity index (χ2v) is 6.38. The van der Waals surface area contributed by atoms with Crippen molar-refractivity contribution < 1.29 is 9.50 Å². The van der Waals surface area contributed by atoms with Gasteiger partial charge >= 0.3 is 0 Å². The molecule has 0 bridgehead atoms. The molecular weight excluding hydrogens is 307 g/mol. The van der Waals surface area contributed by atoms with E-state index in [2.05, 4.69) is 15.4 Å². The number of para-hydroxylation sites is 1. The lowest BCUT2D eigenvalue weighted by molar-refractivity contribution is 0.166. The van der Waals surface area contributed by atoms with E-state index in [1.165, 1.54) is 6.07 Å². The molecule has 2 heterocycles. The molecule has 4 rings (SSSR count). The van der Waals surface area contributed by atoms with E-state index in [0.29, 0.717) is 11.4 Å². The van der Waals surface area contributed by atoms with Gasteiger partial charge in [0.2, 0.25) is 0 Å². The van der Waals surface area contributed by atoms with Crippen molar-refractivity contribution in [2.24, 2.45) is 5.92 Å². The van der Waals surface area contributed by atoms with E-state index < -0.39 is 6.10 Å². The smallest absolute Gasteiger partial charge is 0.149 e. The van der Waals surface area contributed by atoms with Crippen molar-refractivity contribution in [3.05, 3.63) is 54.7 Å². The van der Waals surface area contributed by atoms with E-state index in [-0.39, 0.29) is 11.9 Å². The van der Waals surface area contributed by atoms with Crippen molar-refractivity contribution in [3.63, 3.8) is 0 Å². The van der Waals surface area contributed by atoms with Gasteiger partial charge in [-0.25, -0.2) is 4.39 Å². The Morgan fingerprint density at radius 2 is 2.12 bits per heavy atom. The molecule has 0 spiro atoms. The number of pyridine rings is 1. The predicted octanol–water partition coefficient (Wildman–Crippen LogP) is 2.82. The largest absolute Gasteiger partial charge is 0.391 e. The number of halogens is 1. The van der Waals surface area contributed by atoms with Crippen LogP contribution in [0.5, 0.6) is 0 Å². The lowest BCUT2D eigenvalue weighted by atomic mass is 10.1. The first-order chi connectivity index (χ1) is 11.7. The Balaban J connectivity index is 1.52. The van der Waals surface area contributed by atoms with Gasteiger partial charge in [-0.05, 0) is 37.0 Å². The summed E-state index contributed by atoms with van der Waals surface area (Å²) in [5, 5.41) is 18.7. The maximum atomic E-state index is 13.9. The highest BCUT2D eigenvalue weighted by molar-refractivity contribution is 5.91. The van der Waals surface area contributed by atoms with Crippen LogP contribution < -0.4 is 5.32 Å². The maximum Gasteiger partial charge on any atom is 0.149 e. The molecule has 5 nitrogen and oxygen atoms in total. The number of aromatic nitrogens is 3. The average molecular weight is 326 g/mol. The van der Waals surface area contributed by atoms with E-state index in [9.17, 15) is 9.50 Å². The summed E-state index contributed by atoms with van der Waals surface area (Å²) in [6.07, 6.45) is 6.44. The van der Waals surface area contributed by atoms with Gasteiger partial charge in [-0.2, -0.15) is 5.10 Å². The zero-order valence-electron chi connectivity index (χ0n) is 13.1. The van der Waals surface area contributed by atoms with Crippen molar-refractivity contribution in [2.45, 2.75) is 31.5 Å². The summed E-state index contributed by atoms with van der Waals surface area (Å²) in [4.78, 5) is 4.11. The van der Waals surface area contributed by atoms with Gasteiger partial charge in [0, 0.05) is 36.2 Å². The van der Waals surface area contributed by atoms with Gasteiger partial charge in [0.05, 0.1) is 12.1 Å². The number of rotatable bonds is 4. The number of anilines is 1. The first kappa shape index (κ1) is 15.1. The average Bonchev–Trinajstić information content (AvgIpc) is 3.19. The van der Waals surface area contributed by atoms with E-state index in [0.717, 1.165) is 30.5 Å². The van der Waals surface area contributed by atoms with Gasteiger partial charge in [0.1, 0.15) is 11.3 Å². The molecule has 24 heavy (non-hydrogen) atoms. The van der Waals surface area contributed by atoms with E-state index >= 15 is 0 Å². The molecule has 0 radical (unpaired) electrons. The minimum absolute atomic E-state index is 0.0561. The van der Waals surface area contributed by atoms with Crippen LogP contribution in [0.3, 0.4) is 0 Å². The Hall–Kier alpha value is -2.47. The SMILES string of the molecule is O[C@@H]1CC(Cn2cccn2)C[C@H]1Nc1ccnc2c(F)cccc12. The highest BCUT2D eigenvalue weighted by Gasteiger charge is 2.33. The lowest BCUT2D eigenvalue weighted by Crippen LogP contribution is -2.28. The van der Waals surface area contributed by atoms with Crippen molar-refractivity contribution >= 4 is 16.6 Å². The van der Waals surface area contributed by atoms with Crippen molar-refractivity contribution in [3.8, 4) is 0 Å². The molecule has 1 unspecified atom stereocenters. The minimum Gasteiger partial charge on any atom is -0.391 e. The minimum atomic E-state index is -0.428. The van der Waals surface area contributed by atoms with E-state index in [1.54, 1.807) is 18.5 Å². The third-order valence-corrected chi connectivity index (χ3v) is 4.69. The molecule has 1 aromatic carbocycles. The van der Waals surface area contributed by atoms with Gasteiger partial charge in [0.25, 0.3) is 0 Å². The topological polar surface area (TPSA) is 63.0 Å². The van der Waals surface area contributed by atoms with Crippen LogP contribution >= 0.6 is 0 Å². The van der Waals surface area contributed by atoms with Crippen LogP contribution in [0.2, 0.25) is 0 Å². The van der Waals surface area contributed by atoms with Crippen LogP contribution in [-0.2, 0) is 6.54 Å². The van der Waals surface area contributed by atoms with Gasteiger partial charge in [-0.1, -0.05) is 12.1 Å². The van der Waals surface area contributed by atoms with Gasteiger partial charge in [-0.15, -0.1) is 0 Å². The highest BCUT2D eigenvalue weighted by Crippen LogP contribution is 2.32. The number of fused-ring (bicyclic) bond motifs is 1. The molecule has 3 atom stereocenters. The summed E-state index contributed by atoms with van der Waals surface area (Å²) in [6.45, 7) is 0.800. The van der Waals surface area contributed by atoms with Crippen LogP contribution in [0.1, 0.15) is 12.8 Å². The normalized spacial score (nSPS) is 23.7. The predicted molar refractivity (Wildman–Crippen MR) is 90.1 cm³/mol. The number of nitrogens with zero attached hydrogens (tertiary/aromatic N) is 3. The number of hydrogen-bond donors (Lipinski definition) is 2. The number of nitrogens with one attached hydrogen (secondary N) is 1. The molecule has 1 aliphatic rings. The van der Waals surface area contributed by atoms with Crippen LogP contribution in [0.25, 0.3) is 10.9 Å². The third kappa shape index (κ3) is 2.85. The number of aliphatic hydroxyl groups is 1. The summed E-state index contributed by atoms with van der Waals surface area (Å²) in [5.74, 6) is 0.0296. The molecule has 1 aliphatic carbocycles. The van der Waals surface area contributed by atoms with Crippen molar-refractivity contribution in [1.29, 1.82) is 0 Å². The second kappa shape index (κ2) is 6.20. The standard InChI is InChI=1S/C18H19FN4O/c19-14-4-1-3-13-15(5-7-20-18(13)14)22-16-9-12(10-17(16)24)11-23-8-2-6-21-23/h1-8,12,16-17,24H,9-11H2,(H,20,22)/t12?,16-,17-/m1/s1. The monoisotopic (exact) mass is 326 g/mol.